The molecule has 1 aromatic rings. The van der Waals surface area contributed by atoms with E-state index >= 15 is 0 Å². The molecule has 2 fully saturated rings. The predicted octanol–water partition coefficient (Wildman–Crippen LogP) is 1.77. The van der Waals surface area contributed by atoms with E-state index in [-0.39, 0.29) is 11.7 Å². The number of nitrogens with one attached hydrogen (secondary N) is 2. The van der Waals surface area contributed by atoms with Crippen LogP contribution >= 0.6 is 0 Å². The van der Waals surface area contributed by atoms with Crippen LogP contribution in [0.25, 0.3) is 0 Å². The van der Waals surface area contributed by atoms with Crippen molar-refractivity contribution in [3.63, 3.8) is 0 Å². The van der Waals surface area contributed by atoms with Crippen LogP contribution < -0.4 is 15.5 Å². The number of anilines is 1. The average molecular weight is 305 g/mol. The smallest absolute Gasteiger partial charge is 0.233 e. The van der Waals surface area contributed by atoms with Crippen LogP contribution in [0.3, 0.4) is 0 Å². The lowest BCUT2D eigenvalue weighted by atomic mass is 10.1. The van der Waals surface area contributed by atoms with Crippen molar-refractivity contribution in [1.82, 2.24) is 10.6 Å². The molecule has 0 spiro atoms. The van der Waals surface area contributed by atoms with E-state index in [0.717, 1.165) is 44.2 Å². The van der Waals surface area contributed by atoms with Crippen molar-refractivity contribution < 1.29 is 9.18 Å². The number of hydrogen-bond donors (Lipinski definition) is 2. The Morgan fingerprint density at radius 3 is 2.64 bits per heavy atom. The third-order valence-electron chi connectivity index (χ3n) is 4.48. The molecule has 2 N–H and O–H groups in total. The Bertz CT molecular complexity index is 501. The van der Waals surface area contributed by atoms with Crippen molar-refractivity contribution in [1.29, 1.82) is 0 Å². The van der Waals surface area contributed by atoms with E-state index in [1.807, 2.05) is 12.1 Å². The van der Waals surface area contributed by atoms with E-state index in [9.17, 15) is 9.18 Å². The van der Waals surface area contributed by atoms with Gasteiger partial charge < -0.3 is 15.5 Å². The van der Waals surface area contributed by atoms with Crippen LogP contribution in [0.5, 0.6) is 0 Å². The summed E-state index contributed by atoms with van der Waals surface area (Å²) in [6, 6.07) is 6.63. The van der Waals surface area contributed by atoms with Crippen molar-refractivity contribution in [2.45, 2.75) is 19.3 Å². The summed E-state index contributed by atoms with van der Waals surface area (Å²) in [5.41, 5.74) is 1.06. The summed E-state index contributed by atoms with van der Waals surface area (Å²) in [5, 5.41) is 6.22. The highest BCUT2D eigenvalue weighted by atomic mass is 19.1. The van der Waals surface area contributed by atoms with Crippen LogP contribution in [0.1, 0.15) is 19.3 Å². The van der Waals surface area contributed by atoms with E-state index in [2.05, 4.69) is 15.5 Å². The summed E-state index contributed by atoms with van der Waals surface area (Å²) in [5.74, 6) is 1.15. The Hall–Kier alpha value is -1.62. The third-order valence-corrected chi connectivity index (χ3v) is 4.48. The Morgan fingerprint density at radius 2 is 1.91 bits per heavy atom. The van der Waals surface area contributed by atoms with Gasteiger partial charge in [0.1, 0.15) is 5.82 Å². The molecule has 0 bridgehead atoms. The fourth-order valence-corrected chi connectivity index (χ4v) is 2.92. The quantitative estimate of drug-likeness (QED) is 0.807. The zero-order valence-electron chi connectivity index (χ0n) is 12.9. The summed E-state index contributed by atoms with van der Waals surface area (Å²) >= 11 is 0. The Balaban J connectivity index is 1.35. The first-order chi connectivity index (χ1) is 10.7. The molecule has 1 atom stereocenters. The van der Waals surface area contributed by atoms with Gasteiger partial charge in [-0.15, -0.1) is 0 Å². The average Bonchev–Trinajstić information content (AvgIpc) is 3.22. The lowest BCUT2D eigenvalue weighted by Gasteiger charge is -2.18. The van der Waals surface area contributed by atoms with Crippen LogP contribution in [0.15, 0.2) is 24.3 Å². The first-order valence-corrected chi connectivity index (χ1v) is 8.18. The standard InChI is InChI=1S/C17H24FN3O/c18-15-3-5-16(6-4-15)21-8-7-14(12-21)10-20-17(22)11-19-9-13-1-2-13/h3-6,13-14,19H,1-2,7-12H2,(H,20,22). The Kier molecular flexibility index (Phi) is 4.93. The largest absolute Gasteiger partial charge is 0.371 e. The number of halogens is 1. The molecule has 1 saturated heterocycles. The second-order valence-corrected chi connectivity index (χ2v) is 6.46. The topological polar surface area (TPSA) is 44.4 Å². The fraction of sp³-hybridized carbons (Fsp3) is 0.588. The summed E-state index contributed by atoms with van der Waals surface area (Å²) in [6.45, 7) is 4.00. The number of carbonyl (C=O) groups is 1. The summed E-state index contributed by atoms with van der Waals surface area (Å²) in [6.07, 6.45) is 3.67. The number of amides is 1. The maximum Gasteiger partial charge on any atom is 0.233 e. The van der Waals surface area contributed by atoms with Crippen molar-refractivity contribution in [3.05, 3.63) is 30.1 Å². The molecule has 2 aliphatic rings. The molecular formula is C17H24FN3O. The molecule has 1 heterocycles. The minimum Gasteiger partial charge on any atom is -0.371 e. The molecule has 120 valence electrons. The number of benzene rings is 1. The Labute approximate surface area is 131 Å². The van der Waals surface area contributed by atoms with Gasteiger partial charge in [0, 0.05) is 25.3 Å². The van der Waals surface area contributed by atoms with Gasteiger partial charge in [-0.3, -0.25) is 4.79 Å². The van der Waals surface area contributed by atoms with Gasteiger partial charge in [0.2, 0.25) is 5.91 Å². The molecule has 4 nitrogen and oxygen atoms in total. The molecule has 1 saturated carbocycles. The highest BCUT2D eigenvalue weighted by molar-refractivity contribution is 5.78. The number of hydrogen-bond acceptors (Lipinski definition) is 3. The second-order valence-electron chi connectivity index (χ2n) is 6.46. The van der Waals surface area contributed by atoms with Gasteiger partial charge in [-0.1, -0.05) is 0 Å². The van der Waals surface area contributed by atoms with Crippen LogP contribution in [-0.4, -0.2) is 38.6 Å². The highest BCUT2D eigenvalue weighted by Gasteiger charge is 2.23. The van der Waals surface area contributed by atoms with Crippen LogP contribution in [-0.2, 0) is 4.79 Å². The molecule has 1 unspecified atom stereocenters. The molecule has 1 aromatic carbocycles. The maximum atomic E-state index is 12.9. The monoisotopic (exact) mass is 305 g/mol. The van der Waals surface area contributed by atoms with Crippen molar-refractivity contribution in [3.8, 4) is 0 Å². The van der Waals surface area contributed by atoms with Crippen LogP contribution in [0.2, 0.25) is 0 Å². The summed E-state index contributed by atoms with van der Waals surface area (Å²) in [4.78, 5) is 14.0. The zero-order valence-corrected chi connectivity index (χ0v) is 12.9. The van der Waals surface area contributed by atoms with Gasteiger partial charge in [0.15, 0.2) is 0 Å². The number of nitrogens with zero attached hydrogens (tertiary/aromatic N) is 1. The van der Waals surface area contributed by atoms with Gasteiger partial charge in [0.25, 0.3) is 0 Å². The van der Waals surface area contributed by atoms with Crippen molar-refractivity contribution in [2.24, 2.45) is 11.8 Å². The predicted molar refractivity (Wildman–Crippen MR) is 85.3 cm³/mol. The van der Waals surface area contributed by atoms with E-state index in [1.54, 1.807) is 0 Å². The summed E-state index contributed by atoms with van der Waals surface area (Å²) in [7, 11) is 0. The van der Waals surface area contributed by atoms with E-state index < -0.39 is 0 Å². The van der Waals surface area contributed by atoms with Gasteiger partial charge >= 0.3 is 0 Å². The van der Waals surface area contributed by atoms with Crippen molar-refractivity contribution >= 4 is 11.6 Å². The maximum absolute atomic E-state index is 12.9. The highest BCUT2D eigenvalue weighted by Crippen LogP contribution is 2.27. The molecule has 22 heavy (non-hydrogen) atoms. The second kappa shape index (κ2) is 7.09. The lowest BCUT2D eigenvalue weighted by molar-refractivity contribution is -0.120. The van der Waals surface area contributed by atoms with Gasteiger partial charge in [0.05, 0.1) is 6.54 Å². The molecule has 1 aliphatic carbocycles. The fourth-order valence-electron chi connectivity index (χ4n) is 2.92. The Morgan fingerprint density at radius 1 is 1.14 bits per heavy atom. The van der Waals surface area contributed by atoms with Crippen LogP contribution in [0, 0.1) is 17.7 Å². The van der Waals surface area contributed by atoms with E-state index in [4.69, 9.17) is 0 Å². The normalized spacial score (nSPS) is 21.1. The van der Waals surface area contributed by atoms with E-state index in [0.29, 0.717) is 12.5 Å². The molecule has 0 radical (unpaired) electrons. The molecule has 3 rings (SSSR count). The van der Waals surface area contributed by atoms with Gasteiger partial charge in [-0.2, -0.15) is 0 Å². The van der Waals surface area contributed by atoms with Crippen LogP contribution in [0.4, 0.5) is 10.1 Å². The minimum atomic E-state index is -0.203. The third kappa shape index (κ3) is 4.44. The lowest BCUT2D eigenvalue weighted by Crippen LogP contribution is -2.37. The minimum absolute atomic E-state index is 0.0842. The van der Waals surface area contributed by atoms with Gasteiger partial charge in [-0.05, 0) is 61.9 Å². The molecule has 0 aromatic heterocycles. The molecule has 5 heteroatoms. The number of rotatable bonds is 7. The summed E-state index contributed by atoms with van der Waals surface area (Å²) < 4.78 is 12.9. The molecule has 1 amide bonds. The molecule has 1 aliphatic heterocycles. The zero-order chi connectivity index (χ0) is 15.4. The molecular weight excluding hydrogens is 281 g/mol. The first-order valence-electron chi connectivity index (χ1n) is 8.18. The first kappa shape index (κ1) is 15.3. The number of carbonyl (C=O) groups excluding carboxylic acids is 1. The van der Waals surface area contributed by atoms with Crippen molar-refractivity contribution in [2.75, 3.05) is 37.6 Å². The van der Waals surface area contributed by atoms with Gasteiger partial charge in [-0.25, -0.2) is 4.39 Å². The van der Waals surface area contributed by atoms with E-state index in [1.165, 1.54) is 25.0 Å². The SMILES string of the molecule is O=C(CNCC1CC1)NCC1CCN(c2ccc(F)cc2)C1.